The SMILES string of the molecule is Brc1ccc([I+]c2ccc(Br)cc2)cc1. The van der Waals surface area contributed by atoms with Crippen LogP contribution in [0.4, 0.5) is 0 Å². The first-order chi connectivity index (χ1) is 7.24. The van der Waals surface area contributed by atoms with Gasteiger partial charge in [-0.3, -0.25) is 0 Å². The van der Waals surface area contributed by atoms with E-state index >= 15 is 0 Å². The molecule has 76 valence electrons. The van der Waals surface area contributed by atoms with Gasteiger partial charge in [0.05, 0.1) is 0 Å². The highest BCUT2D eigenvalue weighted by Gasteiger charge is 2.14. The van der Waals surface area contributed by atoms with E-state index in [0.717, 1.165) is 8.95 Å². The third-order valence-electron chi connectivity index (χ3n) is 1.83. The molecule has 0 saturated carbocycles. The van der Waals surface area contributed by atoms with Crippen molar-refractivity contribution in [2.75, 3.05) is 0 Å². The molecule has 0 aliphatic rings. The summed E-state index contributed by atoms with van der Waals surface area (Å²) in [5, 5.41) is 0. The zero-order valence-electron chi connectivity index (χ0n) is 7.75. The van der Waals surface area contributed by atoms with Crippen LogP contribution >= 0.6 is 31.9 Å². The van der Waals surface area contributed by atoms with Gasteiger partial charge in [0.2, 0.25) is 0 Å². The van der Waals surface area contributed by atoms with E-state index in [0.29, 0.717) is 0 Å². The maximum atomic E-state index is 3.45. The van der Waals surface area contributed by atoms with Gasteiger partial charge in [-0.2, -0.15) is 0 Å². The Morgan fingerprint density at radius 2 is 0.933 bits per heavy atom. The van der Waals surface area contributed by atoms with E-state index in [2.05, 4.69) is 80.4 Å². The zero-order valence-corrected chi connectivity index (χ0v) is 13.1. The Kier molecular flexibility index (Phi) is 4.22. The van der Waals surface area contributed by atoms with Crippen molar-refractivity contribution in [2.24, 2.45) is 0 Å². The first kappa shape index (κ1) is 11.6. The smallest absolute Gasteiger partial charge is 0.0508 e. The summed E-state index contributed by atoms with van der Waals surface area (Å²) in [5.41, 5.74) is 0. The Morgan fingerprint density at radius 3 is 1.27 bits per heavy atom. The highest BCUT2D eigenvalue weighted by atomic mass is 127. The minimum Gasteiger partial charge on any atom is -0.0508 e. The number of hydrogen-bond acceptors (Lipinski definition) is 0. The monoisotopic (exact) mass is 437 g/mol. The van der Waals surface area contributed by atoms with Gasteiger partial charge in [0.25, 0.3) is 0 Å². The van der Waals surface area contributed by atoms with Gasteiger partial charge in [-0.25, -0.2) is 0 Å². The molecule has 15 heavy (non-hydrogen) atoms. The first-order valence-electron chi connectivity index (χ1n) is 4.40. The van der Waals surface area contributed by atoms with E-state index < -0.39 is 0 Å². The Bertz CT molecular complexity index is 391. The summed E-state index contributed by atoms with van der Waals surface area (Å²) >= 11 is 6.85. The standard InChI is InChI=1S/C12H8Br2I/c13-9-1-5-11(6-2-9)15-12-7-3-10(14)4-8-12/h1-8H/q+1. The molecule has 2 aromatic rings. The molecule has 0 aliphatic heterocycles. The van der Waals surface area contributed by atoms with Crippen molar-refractivity contribution in [1.82, 2.24) is 0 Å². The minimum atomic E-state index is -0.0385. The van der Waals surface area contributed by atoms with E-state index in [9.17, 15) is 0 Å². The van der Waals surface area contributed by atoms with Gasteiger partial charge in [0, 0.05) is 8.95 Å². The highest BCUT2D eigenvalue weighted by molar-refractivity contribution is 9.10. The Balaban J connectivity index is 2.15. The average Bonchev–Trinajstić information content (AvgIpc) is 2.25. The maximum absolute atomic E-state index is 3.45. The predicted molar refractivity (Wildman–Crippen MR) is 65.7 cm³/mol. The molecular formula is C12H8Br2I+. The molecule has 0 nitrogen and oxygen atoms in total. The van der Waals surface area contributed by atoms with Gasteiger partial charge in [0.1, 0.15) is 0 Å². The van der Waals surface area contributed by atoms with Crippen LogP contribution < -0.4 is 21.2 Å². The average molecular weight is 439 g/mol. The summed E-state index contributed by atoms with van der Waals surface area (Å²) in [6.07, 6.45) is 0. The van der Waals surface area contributed by atoms with Crippen LogP contribution in [0.1, 0.15) is 0 Å². The van der Waals surface area contributed by atoms with Crippen molar-refractivity contribution in [2.45, 2.75) is 0 Å². The fraction of sp³-hybridized carbons (Fsp3) is 0. The van der Waals surface area contributed by atoms with Crippen molar-refractivity contribution in [3.05, 3.63) is 64.6 Å². The molecule has 0 aliphatic carbocycles. The number of halogens is 3. The fourth-order valence-electron chi connectivity index (χ4n) is 1.11. The minimum absolute atomic E-state index is 0.0385. The lowest BCUT2D eigenvalue weighted by molar-refractivity contribution is -0.597. The summed E-state index contributed by atoms with van der Waals surface area (Å²) in [4.78, 5) is 0. The van der Waals surface area contributed by atoms with Crippen LogP contribution in [0, 0.1) is 7.14 Å². The van der Waals surface area contributed by atoms with Crippen molar-refractivity contribution in [1.29, 1.82) is 0 Å². The van der Waals surface area contributed by atoms with Crippen LogP contribution in [0.15, 0.2) is 57.5 Å². The Hall–Kier alpha value is 0.130. The first-order valence-corrected chi connectivity index (χ1v) is 8.14. The summed E-state index contributed by atoms with van der Waals surface area (Å²) in [5.74, 6) is 0. The van der Waals surface area contributed by atoms with Gasteiger partial charge in [-0.05, 0) is 48.5 Å². The molecule has 3 heteroatoms. The molecule has 0 radical (unpaired) electrons. The topological polar surface area (TPSA) is 0 Å². The largest absolute Gasteiger partial charge is 0.357 e. The second-order valence-electron chi connectivity index (χ2n) is 2.97. The fourth-order valence-corrected chi connectivity index (χ4v) is 3.80. The second-order valence-corrected chi connectivity index (χ2v) is 7.83. The zero-order chi connectivity index (χ0) is 10.7. The van der Waals surface area contributed by atoms with Crippen molar-refractivity contribution >= 4 is 31.9 Å². The molecule has 0 spiro atoms. The van der Waals surface area contributed by atoms with Gasteiger partial charge in [-0.15, -0.1) is 0 Å². The number of rotatable bonds is 2. The lowest BCUT2D eigenvalue weighted by Crippen LogP contribution is -3.61. The number of hydrogen-bond donors (Lipinski definition) is 0. The summed E-state index contributed by atoms with van der Waals surface area (Å²) in [6.45, 7) is 0. The number of benzene rings is 2. The lowest BCUT2D eigenvalue weighted by atomic mass is 10.4. The molecule has 0 heterocycles. The van der Waals surface area contributed by atoms with Gasteiger partial charge >= 0.3 is 21.2 Å². The van der Waals surface area contributed by atoms with E-state index in [1.165, 1.54) is 7.14 Å². The molecule has 0 atom stereocenters. The Labute approximate surface area is 117 Å². The van der Waals surface area contributed by atoms with Crippen LogP contribution in [-0.4, -0.2) is 0 Å². The summed E-state index contributed by atoms with van der Waals surface area (Å²) in [7, 11) is 0. The predicted octanol–water partition coefficient (Wildman–Crippen LogP) is 1.34. The maximum Gasteiger partial charge on any atom is 0.357 e. The molecule has 2 rings (SSSR count). The molecule has 2 aromatic carbocycles. The van der Waals surface area contributed by atoms with Gasteiger partial charge in [0.15, 0.2) is 7.14 Å². The Morgan fingerprint density at radius 1 is 0.600 bits per heavy atom. The molecule has 0 unspecified atom stereocenters. The quantitative estimate of drug-likeness (QED) is 0.621. The van der Waals surface area contributed by atoms with Crippen molar-refractivity contribution < 1.29 is 21.2 Å². The summed E-state index contributed by atoms with van der Waals surface area (Å²) < 4.78 is 5.18. The van der Waals surface area contributed by atoms with Crippen molar-refractivity contribution in [3.8, 4) is 0 Å². The summed E-state index contributed by atoms with van der Waals surface area (Å²) in [6, 6.07) is 17.2. The third kappa shape index (κ3) is 3.57. The van der Waals surface area contributed by atoms with E-state index in [-0.39, 0.29) is 21.2 Å². The van der Waals surface area contributed by atoms with Crippen LogP contribution in [0.3, 0.4) is 0 Å². The second kappa shape index (κ2) is 5.46. The van der Waals surface area contributed by atoms with Crippen LogP contribution in [-0.2, 0) is 0 Å². The molecule has 0 aromatic heterocycles. The van der Waals surface area contributed by atoms with E-state index in [1.54, 1.807) is 0 Å². The molecule has 0 bridgehead atoms. The molecular weight excluding hydrogens is 431 g/mol. The van der Waals surface area contributed by atoms with Crippen LogP contribution in [0.25, 0.3) is 0 Å². The highest BCUT2D eigenvalue weighted by Crippen LogP contribution is 2.07. The normalized spacial score (nSPS) is 10.3. The van der Waals surface area contributed by atoms with E-state index in [1.807, 2.05) is 0 Å². The van der Waals surface area contributed by atoms with Crippen LogP contribution in [0.2, 0.25) is 0 Å². The lowest BCUT2D eigenvalue weighted by Gasteiger charge is -1.89. The molecule has 0 N–H and O–H groups in total. The van der Waals surface area contributed by atoms with Crippen LogP contribution in [0.5, 0.6) is 0 Å². The van der Waals surface area contributed by atoms with E-state index in [4.69, 9.17) is 0 Å². The third-order valence-corrected chi connectivity index (χ3v) is 5.57. The van der Waals surface area contributed by atoms with Crippen molar-refractivity contribution in [3.63, 3.8) is 0 Å². The molecule has 0 saturated heterocycles. The molecule has 0 fully saturated rings. The molecule has 0 amide bonds. The van der Waals surface area contributed by atoms with Gasteiger partial charge in [-0.1, -0.05) is 31.9 Å². The van der Waals surface area contributed by atoms with Gasteiger partial charge < -0.3 is 0 Å².